The van der Waals surface area contributed by atoms with E-state index in [0.29, 0.717) is 13.1 Å². The number of amides is 1. The molecule has 0 saturated carbocycles. The van der Waals surface area contributed by atoms with Gasteiger partial charge in [0.2, 0.25) is 0 Å². The maximum absolute atomic E-state index is 12.1. The minimum Gasteiger partial charge on any atom is -0.444 e. The number of imidazole rings is 1. The molecule has 1 fully saturated rings. The van der Waals surface area contributed by atoms with Crippen LogP contribution >= 0.6 is 0 Å². The molecule has 0 aliphatic carbocycles. The Labute approximate surface area is 133 Å². The van der Waals surface area contributed by atoms with Gasteiger partial charge in [0.15, 0.2) is 0 Å². The van der Waals surface area contributed by atoms with E-state index in [1.165, 1.54) is 0 Å². The number of likely N-dealkylation sites (tertiary alicyclic amines) is 1. The van der Waals surface area contributed by atoms with E-state index >= 15 is 0 Å². The van der Waals surface area contributed by atoms with Crippen molar-refractivity contribution >= 4 is 28.2 Å². The second-order valence-corrected chi connectivity index (χ2v) is 6.92. The maximum Gasteiger partial charge on any atom is 0.410 e. The highest BCUT2D eigenvalue weighted by molar-refractivity contribution is 6.01. The number of nitrogens with one attached hydrogen (secondary N) is 1. The van der Waals surface area contributed by atoms with E-state index in [1.54, 1.807) is 11.1 Å². The number of carbonyl (C=O) groups excluding carboxylic acids is 1. The number of rotatable bonds is 1. The molecule has 1 aliphatic heterocycles. The van der Waals surface area contributed by atoms with Crippen molar-refractivity contribution in [3.05, 3.63) is 24.8 Å². The van der Waals surface area contributed by atoms with Crippen molar-refractivity contribution in [2.45, 2.75) is 32.4 Å². The van der Waals surface area contributed by atoms with Gasteiger partial charge in [-0.1, -0.05) is 0 Å². The van der Waals surface area contributed by atoms with Crippen LogP contribution in [0.3, 0.4) is 0 Å². The third kappa shape index (κ3) is 2.32. The van der Waals surface area contributed by atoms with Crippen LogP contribution in [0.2, 0.25) is 0 Å². The minimum atomic E-state index is -0.465. The number of fused-ring (bicyclic) bond motifs is 3. The molecule has 1 saturated heterocycles. The Balaban J connectivity index is 1.58. The van der Waals surface area contributed by atoms with Gasteiger partial charge in [-0.25, -0.2) is 14.8 Å². The number of pyridine rings is 1. The molecule has 120 valence electrons. The molecule has 1 amide bonds. The molecule has 0 atom stereocenters. The van der Waals surface area contributed by atoms with Crippen molar-refractivity contribution < 1.29 is 9.53 Å². The first-order chi connectivity index (χ1) is 10.9. The molecule has 7 heteroatoms. The summed E-state index contributed by atoms with van der Waals surface area (Å²) < 4.78 is 7.53. The number of aromatic amines is 1. The molecule has 7 nitrogen and oxygen atoms in total. The van der Waals surface area contributed by atoms with Crippen LogP contribution in [0.1, 0.15) is 26.8 Å². The summed E-state index contributed by atoms with van der Waals surface area (Å²) in [6, 6.07) is 2.22. The average molecular weight is 313 g/mol. The molecule has 0 bridgehead atoms. The summed E-state index contributed by atoms with van der Waals surface area (Å²) >= 11 is 0. The molecular weight excluding hydrogens is 294 g/mol. The first-order valence-electron chi connectivity index (χ1n) is 7.69. The Bertz CT molecular complexity index is 883. The summed E-state index contributed by atoms with van der Waals surface area (Å²) in [6.45, 7) is 6.90. The minimum absolute atomic E-state index is 0.216. The molecule has 3 aromatic rings. The van der Waals surface area contributed by atoms with Gasteiger partial charge in [-0.2, -0.15) is 0 Å². The maximum atomic E-state index is 12.1. The van der Waals surface area contributed by atoms with Crippen LogP contribution in [0.15, 0.2) is 24.8 Å². The third-order valence-electron chi connectivity index (χ3n) is 4.03. The summed E-state index contributed by atoms with van der Waals surface area (Å²) in [5, 5.41) is 1.05. The Hall–Kier alpha value is -2.57. The smallest absolute Gasteiger partial charge is 0.410 e. The molecule has 0 spiro atoms. The highest BCUT2D eigenvalue weighted by Crippen LogP contribution is 2.30. The fraction of sp³-hybridized carbons (Fsp3) is 0.438. The van der Waals surface area contributed by atoms with Gasteiger partial charge in [0.25, 0.3) is 0 Å². The molecule has 3 aromatic heterocycles. The zero-order valence-corrected chi connectivity index (χ0v) is 13.4. The molecule has 4 rings (SSSR count). The summed E-state index contributed by atoms with van der Waals surface area (Å²) in [5.74, 6) is 0. The predicted molar refractivity (Wildman–Crippen MR) is 86.2 cm³/mol. The number of aromatic nitrogens is 4. The summed E-state index contributed by atoms with van der Waals surface area (Å²) in [7, 11) is 0. The van der Waals surface area contributed by atoms with Crippen LogP contribution in [0.5, 0.6) is 0 Å². The van der Waals surface area contributed by atoms with Gasteiger partial charge in [0.1, 0.15) is 16.8 Å². The fourth-order valence-electron chi connectivity index (χ4n) is 2.91. The standard InChI is InChI=1S/C16H19N5O2/c1-16(2,3)23-15(22)20-7-10(8-20)21-9-19-12-6-18-14-11(13(12)21)4-5-17-14/h4-6,9-10H,7-8H2,1-3H3,(H,17,18). The first-order valence-corrected chi connectivity index (χ1v) is 7.69. The van der Waals surface area contributed by atoms with Crippen LogP contribution in [-0.4, -0.2) is 49.2 Å². The Morgan fingerprint density at radius 3 is 2.87 bits per heavy atom. The van der Waals surface area contributed by atoms with E-state index in [9.17, 15) is 4.79 Å². The molecule has 1 N–H and O–H groups in total. The molecule has 0 aromatic carbocycles. The highest BCUT2D eigenvalue weighted by Gasteiger charge is 2.35. The lowest BCUT2D eigenvalue weighted by Crippen LogP contribution is -2.52. The lowest BCUT2D eigenvalue weighted by Gasteiger charge is -2.40. The number of H-pyrrole nitrogens is 1. The van der Waals surface area contributed by atoms with Crippen molar-refractivity contribution in [2.24, 2.45) is 0 Å². The quantitative estimate of drug-likeness (QED) is 0.749. The Kier molecular flexibility index (Phi) is 2.88. The van der Waals surface area contributed by atoms with Crippen LogP contribution in [0.4, 0.5) is 4.79 Å². The summed E-state index contributed by atoms with van der Waals surface area (Å²) in [4.78, 5) is 25.7. The first kappa shape index (κ1) is 14.0. The number of hydrogen-bond acceptors (Lipinski definition) is 4. The molecule has 4 heterocycles. The van der Waals surface area contributed by atoms with Gasteiger partial charge in [-0.15, -0.1) is 0 Å². The van der Waals surface area contributed by atoms with E-state index in [2.05, 4.69) is 19.5 Å². The van der Waals surface area contributed by atoms with Gasteiger partial charge in [-0.05, 0) is 26.8 Å². The Morgan fingerprint density at radius 1 is 1.35 bits per heavy atom. The van der Waals surface area contributed by atoms with Crippen molar-refractivity contribution in [1.82, 2.24) is 24.4 Å². The van der Waals surface area contributed by atoms with Crippen LogP contribution in [0.25, 0.3) is 22.1 Å². The number of hydrogen-bond donors (Lipinski definition) is 1. The van der Waals surface area contributed by atoms with E-state index < -0.39 is 5.60 Å². The van der Waals surface area contributed by atoms with E-state index in [0.717, 1.165) is 22.1 Å². The second kappa shape index (κ2) is 4.71. The van der Waals surface area contributed by atoms with E-state index in [1.807, 2.05) is 39.4 Å². The molecular formula is C16H19N5O2. The SMILES string of the molecule is CC(C)(C)OC(=O)N1CC(n2cnc3cnc4[nH]ccc4c32)C1. The Morgan fingerprint density at radius 2 is 2.13 bits per heavy atom. The number of carbonyl (C=O) groups is 1. The monoisotopic (exact) mass is 313 g/mol. The van der Waals surface area contributed by atoms with Gasteiger partial charge >= 0.3 is 6.09 Å². The predicted octanol–water partition coefficient (Wildman–Crippen LogP) is 2.70. The van der Waals surface area contributed by atoms with Crippen molar-refractivity contribution in [3.8, 4) is 0 Å². The second-order valence-electron chi connectivity index (χ2n) is 6.92. The van der Waals surface area contributed by atoms with Crippen LogP contribution < -0.4 is 0 Å². The van der Waals surface area contributed by atoms with Gasteiger partial charge < -0.3 is 19.2 Å². The van der Waals surface area contributed by atoms with Crippen LogP contribution in [0, 0.1) is 0 Å². The number of ether oxygens (including phenoxy) is 1. The number of nitrogens with zero attached hydrogens (tertiary/aromatic N) is 4. The lowest BCUT2D eigenvalue weighted by molar-refractivity contribution is 0.00153. The van der Waals surface area contributed by atoms with Crippen molar-refractivity contribution in [3.63, 3.8) is 0 Å². The van der Waals surface area contributed by atoms with Gasteiger partial charge in [0, 0.05) is 24.7 Å². The van der Waals surface area contributed by atoms with Crippen LogP contribution in [-0.2, 0) is 4.74 Å². The summed E-state index contributed by atoms with van der Waals surface area (Å²) in [5.41, 5.74) is 2.31. The van der Waals surface area contributed by atoms with Gasteiger partial charge in [-0.3, -0.25) is 0 Å². The normalized spacial score (nSPS) is 16.0. The fourth-order valence-corrected chi connectivity index (χ4v) is 2.91. The summed E-state index contributed by atoms with van der Waals surface area (Å²) in [6.07, 6.45) is 5.22. The van der Waals surface area contributed by atoms with Crippen molar-refractivity contribution in [1.29, 1.82) is 0 Å². The molecule has 0 radical (unpaired) electrons. The average Bonchev–Trinajstić information content (AvgIpc) is 2.99. The molecule has 1 aliphatic rings. The molecule has 0 unspecified atom stereocenters. The molecule has 23 heavy (non-hydrogen) atoms. The zero-order chi connectivity index (χ0) is 16.2. The van der Waals surface area contributed by atoms with E-state index in [4.69, 9.17) is 4.74 Å². The highest BCUT2D eigenvalue weighted by atomic mass is 16.6. The van der Waals surface area contributed by atoms with Crippen molar-refractivity contribution in [2.75, 3.05) is 13.1 Å². The van der Waals surface area contributed by atoms with E-state index in [-0.39, 0.29) is 12.1 Å². The zero-order valence-electron chi connectivity index (χ0n) is 13.4. The topological polar surface area (TPSA) is 76.0 Å². The largest absolute Gasteiger partial charge is 0.444 e. The lowest BCUT2D eigenvalue weighted by atomic mass is 10.1. The van der Waals surface area contributed by atoms with Gasteiger partial charge in [0.05, 0.1) is 24.1 Å². The third-order valence-corrected chi connectivity index (χ3v) is 4.03.